The summed E-state index contributed by atoms with van der Waals surface area (Å²) in [5.74, 6) is 0. The van der Waals surface area contributed by atoms with E-state index in [9.17, 15) is 0 Å². The van der Waals surface area contributed by atoms with Crippen molar-refractivity contribution in [3.05, 3.63) is 163 Å². The van der Waals surface area contributed by atoms with Crippen LogP contribution in [0.5, 0.6) is 0 Å². The molecule has 5 heteroatoms. The molecule has 0 fully saturated rings. The Morgan fingerprint density at radius 3 is 1.46 bits per heavy atom. The first kappa shape index (κ1) is 31.6. The molecule has 0 nitrogen and oxygen atoms in total. The van der Waals surface area contributed by atoms with Crippen molar-refractivity contribution in [2.24, 2.45) is 0 Å². The van der Waals surface area contributed by atoms with Gasteiger partial charge in [0.25, 0.3) is 0 Å². The van der Waals surface area contributed by atoms with Gasteiger partial charge in [-0.1, -0.05) is 0 Å². The van der Waals surface area contributed by atoms with Crippen molar-refractivity contribution in [2.75, 3.05) is 0 Å². The molecule has 0 aromatic heterocycles. The van der Waals surface area contributed by atoms with Gasteiger partial charge in [0, 0.05) is 0 Å². The fourth-order valence-electron chi connectivity index (χ4n) is 6.07. The Labute approximate surface area is 268 Å². The zero-order chi connectivity index (χ0) is 27.0. The number of hydrogen-bond donors (Lipinski definition) is 0. The molecule has 4 aromatic carbocycles. The third-order valence-electron chi connectivity index (χ3n) is 7.89. The van der Waals surface area contributed by atoms with Gasteiger partial charge in [-0.05, 0) is 0 Å². The van der Waals surface area contributed by atoms with Gasteiger partial charge in [-0.3, -0.25) is 0 Å². The quantitative estimate of drug-likeness (QED) is 0.286. The monoisotopic (exact) mass is 690 g/mol. The van der Waals surface area contributed by atoms with E-state index >= 15 is 0 Å². The van der Waals surface area contributed by atoms with Gasteiger partial charge in [0.05, 0.1) is 0 Å². The third kappa shape index (κ3) is 6.08. The van der Waals surface area contributed by atoms with Crippen molar-refractivity contribution in [1.82, 2.24) is 0 Å². The van der Waals surface area contributed by atoms with Crippen LogP contribution in [0.25, 0.3) is 23.3 Å². The zero-order valence-corrected chi connectivity index (χ0v) is 27.8. The Kier molecular flexibility index (Phi) is 10.2. The SMILES string of the molecule is C=Cc1ccc2c(c1)-c1cc(C=C)ccc1[CH]2[Zr+2](=[CH]c1ccc(Cl)cc1)(=[CH]c1ccc(Cl)cc1)[C]1=CC=CC1.[Cl-].[Cl-]. The predicted molar refractivity (Wildman–Crippen MR) is 169 cm³/mol. The van der Waals surface area contributed by atoms with Gasteiger partial charge in [-0.15, -0.1) is 0 Å². The third-order valence-corrected chi connectivity index (χ3v) is 19.9. The molecule has 2 aliphatic rings. The van der Waals surface area contributed by atoms with Crippen LogP contribution < -0.4 is 24.8 Å². The molecule has 0 heterocycles. The maximum absolute atomic E-state index is 6.32. The second-order valence-electron chi connectivity index (χ2n) is 10.2. The summed E-state index contributed by atoms with van der Waals surface area (Å²) in [6.45, 7) is 8.10. The molecule has 0 bridgehead atoms. The van der Waals surface area contributed by atoms with E-state index in [0.29, 0.717) is 0 Å². The summed E-state index contributed by atoms with van der Waals surface area (Å²) in [5, 5.41) is 1.50. The number of allylic oxidation sites excluding steroid dienone is 4. The molecule has 0 saturated heterocycles. The molecule has 0 amide bonds. The maximum atomic E-state index is 6.32. The van der Waals surface area contributed by atoms with E-state index in [-0.39, 0.29) is 28.4 Å². The van der Waals surface area contributed by atoms with Crippen LogP contribution in [0, 0.1) is 0 Å². The van der Waals surface area contributed by atoms with Crippen molar-refractivity contribution in [3.63, 3.8) is 0 Å². The van der Waals surface area contributed by atoms with E-state index in [1.54, 1.807) is 3.28 Å². The summed E-state index contributed by atoms with van der Waals surface area (Å²) in [7, 11) is 0. The average Bonchev–Trinajstić information content (AvgIpc) is 3.62. The van der Waals surface area contributed by atoms with Crippen molar-refractivity contribution in [2.45, 2.75) is 10.0 Å². The predicted octanol–water partition coefficient (Wildman–Crippen LogP) is 4.06. The normalized spacial score (nSPS) is 12.5. The van der Waals surface area contributed by atoms with Gasteiger partial charge >= 0.3 is 246 Å². The molecule has 2 aliphatic carbocycles. The Bertz CT molecular complexity index is 1680. The average molecular weight is 694 g/mol. The maximum Gasteiger partial charge on any atom is -1.00 e. The largest absolute Gasteiger partial charge is 1.00 e. The summed E-state index contributed by atoms with van der Waals surface area (Å²) < 4.78 is 7.08. The molecule has 0 radical (unpaired) electrons. The van der Waals surface area contributed by atoms with E-state index in [0.717, 1.165) is 27.6 Å². The van der Waals surface area contributed by atoms with E-state index in [1.165, 1.54) is 33.4 Å². The molecule has 0 atom stereocenters. The molecule has 6 rings (SSSR count). The Morgan fingerprint density at radius 1 is 0.634 bits per heavy atom. The van der Waals surface area contributed by atoms with E-state index in [1.807, 2.05) is 36.4 Å². The fraction of sp³-hybridized carbons (Fsp3) is 0.0556. The number of halogens is 4. The summed E-state index contributed by atoms with van der Waals surface area (Å²) in [4.78, 5) is 0. The molecule has 0 saturated carbocycles. The fourth-order valence-corrected chi connectivity index (χ4v) is 18.7. The molecule has 0 spiro atoms. The second-order valence-corrected chi connectivity index (χ2v) is 20.1. The Morgan fingerprint density at radius 2 is 1.07 bits per heavy atom. The van der Waals surface area contributed by atoms with Crippen LogP contribution in [0.15, 0.2) is 120 Å². The Balaban J connectivity index is 0.00000194. The van der Waals surface area contributed by atoms with Gasteiger partial charge in [0.1, 0.15) is 0 Å². The standard InChI is InChI=1S/C17H13.2C7H5Cl.C5H5.2ClH.Zr/c1-3-12-5-7-14-11-15-8-6-13(4-2)10-17(15)16(14)9-12;2*1-6-2-4-7(8)5-3-6;1-2-4-5-3-1;;;/h3-11H,1-2H2;2*1-5H;1-3H,4H2;2*1H;/q;;;;;;+2/p-2. The van der Waals surface area contributed by atoms with Crippen LogP contribution in [-0.2, 0) is 19.3 Å². The van der Waals surface area contributed by atoms with Crippen LogP contribution in [0.4, 0.5) is 0 Å². The van der Waals surface area contributed by atoms with Gasteiger partial charge < -0.3 is 24.8 Å². The summed E-state index contributed by atoms with van der Waals surface area (Å²) in [6.07, 6.45) is 11.7. The molecular formula is C36H28Cl4Zr. The summed E-state index contributed by atoms with van der Waals surface area (Å²) >= 11 is 8.95. The van der Waals surface area contributed by atoms with Gasteiger partial charge in [0.2, 0.25) is 0 Å². The number of benzene rings is 4. The van der Waals surface area contributed by atoms with Gasteiger partial charge in [-0.2, -0.15) is 0 Å². The Hall–Kier alpha value is -2.38. The summed E-state index contributed by atoms with van der Waals surface area (Å²) in [6, 6.07) is 30.3. The first-order valence-corrected chi connectivity index (χ1v) is 19.4. The molecule has 0 unspecified atom stereocenters. The van der Waals surface area contributed by atoms with E-state index in [2.05, 4.69) is 99.5 Å². The summed E-state index contributed by atoms with van der Waals surface area (Å²) in [5.41, 5.74) is 10.1. The van der Waals surface area contributed by atoms with Crippen molar-refractivity contribution in [3.8, 4) is 11.1 Å². The van der Waals surface area contributed by atoms with Crippen molar-refractivity contribution in [1.29, 1.82) is 0 Å². The van der Waals surface area contributed by atoms with Crippen LogP contribution in [0.2, 0.25) is 10.0 Å². The zero-order valence-electron chi connectivity index (χ0n) is 22.3. The van der Waals surface area contributed by atoms with Gasteiger partial charge in [-0.25, -0.2) is 0 Å². The van der Waals surface area contributed by atoms with Crippen LogP contribution >= 0.6 is 23.2 Å². The van der Waals surface area contributed by atoms with Crippen LogP contribution in [0.1, 0.15) is 43.4 Å². The minimum absolute atomic E-state index is 0. The molecule has 4 aromatic rings. The van der Waals surface area contributed by atoms with E-state index in [4.69, 9.17) is 23.2 Å². The topological polar surface area (TPSA) is 0 Å². The van der Waals surface area contributed by atoms with E-state index < -0.39 is 19.3 Å². The van der Waals surface area contributed by atoms with Crippen molar-refractivity contribution < 1.29 is 44.1 Å². The molecule has 0 N–H and O–H groups in total. The second kappa shape index (κ2) is 13.3. The number of hydrogen-bond acceptors (Lipinski definition) is 0. The molecular weight excluding hydrogens is 665 g/mol. The van der Waals surface area contributed by atoms with Crippen LogP contribution in [0.3, 0.4) is 0 Å². The molecule has 0 aliphatic heterocycles. The molecule has 204 valence electrons. The minimum Gasteiger partial charge on any atom is -1.00 e. The number of rotatable bonds is 6. The first-order chi connectivity index (χ1) is 19.0. The minimum atomic E-state index is -3.68. The first-order valence-electron chi connectivity index (χ1n) is 13.1. The van der Waals surface area contributed by atoms with Gasteiger partial charge in [0.15, 0.2) is 0 Å². The molecule has 41 heavy (non-hydrogen) atoms. The number of fused-ring (bicyclic) bond motifs is 3. The smallest absolute Gasteiger partial charge is 1.00 e. The van der Waals surface area contributed by atoms with Crippen molar-refractivity contribution >= 4 is 42.8 Å². The van der Waals surface area contributed by atoms with Crippen LogP contribution in [-0.4, -0.2) is 7.42 Å².